The molecule has 0 fully saturated rings. The first kappa shape index (κ1) is 32.7. The number of thioether (sulfide) groups is 1. The Morgan fingerprint density at radius 2 is 1.69 bits per heavy atom. The van der Waals surface area contributed by atoms with Gasteiger partial charge in [-0.25, -0.2) is 0 Å². The number of fused-ring (bicyclic) bond motifs is 1. The molecule has 0 saturated heterocycles. The van der Waals surface area contributed by atoms with E-state index in [4.69, 9.17) is 4.74 Å². The number of benzene rings is 3. The molecule has 3 aromatic carbocycles. The van der Waals surface area contributed by atoms with Crippen LogP contribution in [0.3, 0.4) is 0 Å². The van der Waals surface area contributed by atoms with Crippen LogP contribution in [0.2, 0.25) is 0 Å². The van der Waals surface area contributed by atoms with Gasteiger partial charge < -0.3 is 9.64 Å². The lowest BCUT2D eigenvalue weighted by Gasteiger charge is -2.28. The van der Waals surface area contributed by atoms with Gasteiger partial charge in [-0.15, -0.1) is 0 Å². The highest BCUT2D eigenvalue weighted by atomic mass is 32.2. The molecule has 234 valence electrons. The molecule has 0 amide bonds. The summed E-state index contributed by atoms with van der Waals surface area (Å²) < 4.78 is 5.45. The van der Waals surface area contributed by atoms with Gasteiger partial charge in [0.05, 0.1) is 7.11 Å². The molecule has 45 heavy (non-hydrogen) atoms. The van der Waals surface area contributed by atoms with Crippen LogP contribution in [0.5, 0.6) is 5.75 Å². The number of nitrogens with zero attached hydrogens (tertiary/aromatic N) is 1. The highest BCUT2D eigenvalue weighted by Gasteiger charge is 2.39. The molecule has 0 bridgehead atoms. The van der Waals surface area contributed by atoms with E-state index in [0.29, 0.717) is 0 Å². The summed E-state index contributed by atoms with van der Waals surface area (Å²) in [6.45, 7) is 19.3. The van der Waals surface area contributed by atoms with E-state index in [-0.39, 0.29) is 10.8 Å². The van der Waals surface area contributed by atoms with E-state index >= 15 is 0 Å². The van der Waals surface area contributed by atoms with Crippen LogP contribution in [-0.2, 0) is 10.8 Å². The largest absolute Gasteiger partial charge is 0.497 e. The van der Waals surface area contributed by atoms with Gasteiger partial charge in [0, 0.05) is 38.6 Å². The van der Waals surface area contributed by atoms with Gasteiger partial charge in [0.2, 0.25) is 0 Å². The van der Waals surface area contributed by atoms with E-state index in [9.17, 15) is 0 Å². The Hall–Kier alpha value is -3.69. The zero-order valence-corrected chi connectivity index (χ0v) is 29.1. The number of methoxy groups -OCH3 is 1. The quantitative estimate of drug-likeness (QED) is 0.211. The van der Waals surface area contributed by atoms with E-state index < -0.39 is 0 Å². The average Bonchev–Trinajstić information content (AvgIpc) is 3.25. The first-order valence-electron chi connectivity index (χ1n) is 16.3. The molecular formula is C42H49NOS. The third kappa shape index (κ3) is 6.79. The Labute approximate surface area is 276 Å². The van der Waals surface area contributed by atoms with Crippen LogP contribution in [0, 0.1) is 6.92 Å². The van der Waals surface area contributed by atoms with Crippen molar-refractivity contribution in [3.8, 4) is 5.75 Å². The monoisotopic (exact) mass is 615 g/mol. The van der Waals surface area contributed by atoms with Crippen molar-refractivity contribution in [2.75, 3.05) is 18.6 Å². The minimum absolute atomic E-state index is 0.0495. The van der Waals surface area contributed by atoms with Crippen molar-refractivity contribution in [3.05, 3.63) is 148 Å². The number of anilines is 1. The van der Waals surface area contributed by atoms with E-state index in [2.05, 4.69) is 150 Å². The third-order valence-electron chi connectivity index (χ3n) is 9.55. The SMILES string of the molecule is C=C(/C=C/C1=C(Sc2ccc(OC)cc2)C(=C/C=C2/N(CCC)c3ccccc3C2(C)C)/CCC1)C(C)(C)c1ccccc1C. The van der Waals surface area contributed by atoms with Gasteiger partial charge in [0.25, 0.3) is 0 Å². The topological polar surface area (TPSA) is 12.5 Å². The summed E-state index contributed by atoms with van der Waals surface area (Å²) in [6, 6.07) is 26.0. The van der Waals surface area contributed by atoms with Gasteiger partial charge in [-0.2, -0.15) is 0 Å². The molecule has 0 aromatic heterocycles. The molecule has 2 aliphatic rings. The Kier molecular flexibility index (Phi) is 9.99. The van der Waals surface area contributed by atoms with Crippen molar-refractivity contribution >= 4 is 17.4 Å². The zero-order chi connectivity index (χ0) is 32.2. The van der Waals surface area contributed by atoms with Crippen molar-refractivity contribution in [2.24, 2.45) is 0 Å². The van der Waals surface area contributed by atoms with Gasteiger partial charge >= 0.3 is 0 Å². The molecule has 1 aliphatic carbocycles. The molecular weight excluding hydrogens is 567 g/mol. The summed E-state index contributed by atoms with van der Waals surface area (Å²) in [4.78, 5) is 5.11. The van der Waals surface area contributed by atoms with Crippen LogP contribution in [0.15, 0.2) is 136 Å². The number of para-hydroxylation sites is 1. The number of ether oxygens (including phenoxy) is 1. The number of aryl methyl sites for hydroxylation is 1. The van der Waals surface area contributed by atoms with Crippen molar-refractivity contribution in [3.63, 3.8) is 0 Å². The Balaban J connectivity index is 1.55. The number of hydrogen-bond acceptors (Lipinski definition) is 3. The van der Waals surface area contributed by atoms with E-state index in [0.717, 1.165) is 43.6 Å². The van der Waals surface area contributed by atoms with Crippen LogP contribution in [0.4, 0.5) is 5.69 Å². The second-order valence-corrected chi connectivity index (χ2v) is 14.4. The molecule has 0 spiro atoms. The third-order valence-corrected chi connectivity index (χ3v) is 10.8. The first-order valence-corrected chi connectivity index (χ1v) is 17.2. The maximum Gasteiger partial charge on any atom is 0.118 e. The highest BCUT2D eigenvalue weighted by molar-refractivity contribution is 8.03. The summed E-state index contributed by atoms with van der Waals surface area (Å²) in [5.74, 6) is 0.881. The second kappa shape index (κ2) is 13.7. The Morgan fingerprint density at radius 3 is 2.40 bits per heavy atom. The molecule has 0 atom stereocenters. The average molecular weight is 616 g/mol. The maximum atomic E-state index is 5.45. The van der Waals surface area contributed by atoms with E-state index in [1.54, 1.807) is 7.11 Å². The molecule has 1 aliphatic heterocycles. The highest BCUT2D eigenvalue weighted by Crippen LogP contribution is 2.48. The lowest BCUT2D eigenvalue weighted by atomic mass is 9.76. The van der Waals surface area contributed by atoms with Crippen molar-refractivity contribution in [1.29, 1.82) is 0 Å². The molecule has 2 nitrogen and oxygen atoms in total. The van der Waals surface area contributed by atoms with Gasteiger partial charge in [0.15, 0.2) is 0 Å². The molecule has 0 N–H and O–H groups in total. The van der Waals surface area contributed by atoms with Crippen LogP contribution in [0.1, 0.15) is 77.0 Å². The fourth-order valence-corrected chi connectivity index (χ4v) is 7.87. The van der Waals surface area contributed by atoms with Crippen molar-refractivity contribution in [1.82, 2.24) is 0 Å². The Bertz CT molecular complexity index is 1660. The molecule has 0 saturated carbocycles. The van der Waals surface area contributed by atoms with Crippen molar-refractivity contribution in [2.45, 2.75) is 83.0 Å². The number of allylic oxidation sites excluding steroid dienone is 8. The van der Waals surface area contributed by atoms with Crippen LogP contribution >= 0.6 is 11.8 Å². The van der Waals surface area contributed by atoms with Crippen LogP contribution in [0.25, 0.3) is 0 Å². The summed E-state index contributed by atoms with van der Waals surface area (Å²) in [6.07, 6.45) is 13.8. The van der Waals surface area contributed by atoms with Gasteiger partial charge in [-0.3, -0.25) is 0 Å². The molecule has 5 rings (SSSR count). The van der Waals surface area contributed by atoms with E-state index in [1.807, 2.05) is 11.8 Å². The minimum atomic E-state index is -0.157. The second-order valence-electron chi connectivity index (χ2n) is 13.3. The smallest absolute Gasteiger partial charge is 0.118 e. The Morgan fingerprint density at radius 1 is 0.978 bits per heavy atom. The van der Waals surface area contributed by atoms with Crippen molar-refractivity contribution < 1.29 is 4.74 Å². The van der Waals surface area contributed by atoms with Gasteiger partial charge in [0.1, 0.15) is 5.75 Å². The normalized spacial score (nSPS) is 18.2. The fraction of sp³-hybridized carbons (Fsp3) is 0.333. The van der Waals surface area contributed by atoms with E-state index in [1.165, 1.54) is 49.0 Å². The minimum Gasteiger partial charge on any atom is -0.497 e. The van der Waals surface area contributed by atoms with Crippen LogP contribution < -0.4 is 9.64 Å². The molecule has 3 aromatic rings. The van der Waals surface area contributed by atoms with Crippen LogP contribution in [-0.4, -0.2) is 13.7 Å². The standard InChI is InChI=1S/C42H49NOS/c1-9-29-43-38-20-13-12-19-37(38)42(6,7)39(43)28-23-33-17-14-16-32(40(33)45-35-26-24-34(44-8)25-27-35)22-21-31(3)41(4,5)36-18-11-10-15-30(36)2/h10-13,15,18-28H,3,9,14,16-17,29H2,1-2,4-8H3/b22-21+,33-23+,39-28+. The molecule has 0 unspecified atom stereocenters. The zero-order valence-electron chi connectivity index (χ0n) is 28.2. The first-order chi connectivity index (χ1) is 21.6. The lowest BCUT2D eigenvalue weighted by Crippen LogP contribution is -2.26. The van der Waals surface area contributed by atoms with Gasteiger partial charge in [-0.05, 0) is 102 Å². The summed E-state index contributed by atoms with van der Waals surface area (Å²) in [5, 5.41) is 0. The lowest BCUT2D eigenvalue weighted by molar-refractivity contribution is 0.414. The predicted octanol–water partition coefficient (Wildman–Crippen LogP) is 11.6. The fourth-order valence-electron chi connectivity index (χ4n) is 6.75. The molecule has 3 heteroatoms. The summed E-state index contributed by atoms with van der Waals surface area (Å²) in [5.41, 5.74) is 10.5. The maximum absolute atomic E-state index is 5.45. The number of rotatable bonds is 10. The summed E-state index contributed by atoms with van der Waals surface area (Å²) >= 11 is 1.87. The summed E-state index contributed by atoms with van der Waals surface area (Å²) in [7, 11) is 1.72. The molecule has 1 heterocycles. The van der Waals surface area contributed by atoms with Gasteiger partial charge in [-0.1, -0.05) is 114 Å². The predicted molar refractivity (Wildman–Crippen MR) is 195 cm³/mol. The molecule has 0 radical (unpaired) electrons. The number of hydrogen-bond donors (Lipinski definition) is 0.